The summed E-state index contributed by atoms with van der Waals surface area (Å²) in [6.07, 6.45) is 2.76. The molecule has 1 aromatic carbocycles. The van der Waals surface area contributed by atoms with Crippen LogP contribution < -0.4 is 10.6 Å². The zero-order valence-corrected chi connectivity index (χ0v) is 13.0. The van der Waals surface area contributed by atoms with Gasteiger partial charge in [0.1, 0.15) is 0 Å². The van der Waals surface area contributed by atoms with Crippen LogP contribution in [0.5, 0.6) is 0 Å². The number of likely N-dealkylation sites (tertiary alicyclic amines) is 1. The predicted molar refractivity (Wildman–Crippen MR) is 86.8 cm³/mol. The molecular weight excluding hydrogens is 278 g/mol. The van der Waals surface area contributed by atoms with Crippen molar-refractivity contribution in [2.45, 2.75) is 31.3 Å². The van der Waals surface area contributed by atoms with Gasteiger partial charge >= 0.3 is 0 Å². The van der Waals surface area contributed by atoms with Gasteiger partial charge in [-0.3, -0.25) is 9.69 Å². The molecule has 2 aliphatic heterocycles. The number of aliphatic hydroxyl groups is 1. The van der Waals surface area contributed by atoms with Crippen LogP contribution in [0.3, 0.4) is 0 Å². The summed E-state index contributed by atoms with van der Waals surface area (Å²) >= 11 is 0. The maximum atomic E-state index is 11.1. The molecule has 22 heavy (non-hydrogen) atoms. The van der Waals surface area contributed by atoms with E-state index in [1.165, 1.54) is 11.3 Å². The van der Waals surface area contributed by atoms with E-state index in [0.29, 0.717) is 13.0 Å². The Kier molecular flexibility index (Phi) is 4.36. The Morgan fingerprint density at radius 2 is 2.09 bits per heavy atom. The first-order chi connectivity index (χ1) is 10.6. The molecule has 3 N–H and O–H groups in total. The number of rotatable bonds is 5. The topological polar surface area (TPSA) is 69.8 Å². The zero-order chi connectivity index (χ0) is 15.6. The number of amides is 1. The summed E-state index contributed by atoms with van der Waals surface area (Å²) in [5.74, 6) is -0.419. The number of anilines is 1. The molecule has 0 spiro atoms. The van der Waals surface area contributed by atoms with Crippen molar-refractivity contribution >= 4 is 11.6 Å². The van der Waals surface area contributed by atoms with E-state index in [9.17, 15) is 9.90 Å². The molecule has 0 aromatic heterocycles. The first-order valence-corrected chi connectivity index (χ1v) is 8.12. The molecule has 120 valence electrons. The van der Waals surface area contributed by atoms with Gasteiger partial charge in [-0.15, -0.1) is 0 Å². The Balaban J connectivity index is 1.55. The molecule has 1 fully saturated rings. The lowest BCUT2D eigenvalue weighted by Crippen LogP contribution is -2.51. The van der Waals surface area contributed by atoms with Gasteiger partial charge in [0, 0.05) is 31.9 Å². The highest BCUT2D eigenvalue weighted by Gasteiger charge is 2.34. The Labute approximate surface area is 131 Å². The highest BCUT2D eigenvalue weighted by atomic mass is 16.3. The van der Waals surface area contributed by atoms with Crippen LogP contribution in [0.15, 0.2) is 24.3 Å². The maximum absolute atomic E-state index is 11.1. The van der Waals surface area contributed by atoms with Crippen LogP contribution in [0.1, 0.15) is 24.8 Å². The molecule has 1 unspecified atom stereocenters. The number of hydrogen-bond donors (Lipinski definition) is 2. The first kappa shape index (κ1) is 15.3. The van der Waals surface area contributed by atoms with Crippen molar-refractivity contribution in [3.8, 4) is 0 Å². The highest BCUT2D eigenvalue weighted by Crippen LogP contribution is 2.28. The van der Waals surface area contributed by atoms with Crippen molar-refractivity contribution in [1.82, 2.24) is 4.90 Å². The number of primary amides is 1. The molecule has 0 radical (unpaired) electrons. The van der Waals surface area contributed by atoms with E-state index in [0.717, 1.165) is 39.0 Å². The smallest absolute Gasteiger partial charge is 0.220 e. The molecule has 3 rings (SSSR count). The van der Waals surface area contributed by atoms with Gasteiger partial charge in [-0.1, -0.05) is 18.2 Å². The summed E-state index contributed by atoms with van der Waals surface area (Å²) in [4.78, 5) is 15.8. The van der Waals surface area contributed by atoms with Crippen LogP contribution in [-0.2, 0) is 11.2 Å². The Hall–Kier alpha value is -1.59. The van der Waals surface area contributed by atoms with E-state index in [1.807, 2.05) is 0 Å². The summed E-state index contributed by atoms with van der Waals surface area (Å²) in [7, 11) is 0. The van der Waals surface area contributed by atoms with Crippen LogP contribution in [0.2, 0.25) is 0 Å². The number of para-hydroxylation sites is 1. The molecule has 1 atom stereocenters. The van der Waals surface area contributed by atoms with Gasteiger partial charge in [0.2, 0.25) is 5.91 Å². The van der Waals surface area contributed by atoms with Gasteiger partial charge in [-0.2, -0.15) is 0 Å². The molecule has 1 aromatic rings. The van der Waals surface area contributed by atoms with E-state index in [-0.39, 0.29) is 6.42 Å². The monoisotopic (exact) mass is 303 g/mol. The third-order valence-corrected chi connectivity index (χ3v) is 4.81. The van der Waals surface area contributed by atoms with E-state index in [1.54, 1.807) is 0 Å². The van der Waals surface area contributed by atoms with Crippen molar-refractivity contribution in [2.24, 2.45) is 5.73 Å². The van der Waals surface area contributed by atoms with Gasteiger partial charge in [0.05, 0.1) is 12.0 Å². The minimum atomic E-state index is -0.938. The van der Waals surface area contributed by atoms with Gasteiger partial charge in [-0.05, 0) is 37.4 Å². The lowest BCUT2D eigenvalue weighted by atomic mass is 9.89. The Morgan fingerprint density at radius 3 is 2.91 bits per heavy atom. The van der Waals surface area contributed by atoms with Gasteiger partial charge in [-0.25, -0.2) is 0 Å². The van der Waals surface area contributed by atoms with Crippen LogP contribution in [0.25, 0.3) is 0 Å². The van der Waals surface area contributed by atoms with Crippen LogP contribution in [-0.4, -0.2) is 54.2 Å². The van der Waals surface area contributed by atoms with E-state index >= 15 is 0 Å². The number of carbonyl (C=O) groups excluding carboxylic acids is 1. The van der Waals surface area contributed by atoms with Crippen LogP contribution in [0, 0.1) is 0 Å². The minimum Gasteiger partial charge on any atom is -0.388 e. The fourth-order valence-corrected chi connectivity index (χ4v) is 3.77. The molecular formula is C17H25N3O2. The number of benzene rings is 1. The Bertz CT molecular complexity index is 548. The Morgan fingerprint density at radius 1 is 1.27 bits per heavy atom. The fraction of sp³-hybridized carbons (Fsp3) is 0.588. The van der Waals surface area contributed by atoms with Gasteiger partial charge in [0.25, 0.3) is 0 Å². The van der Waals surface area contributed by atoms with Crippen LogP contribution in [0.4, 0.5) is 5.69 Å². The quantitative estimate of drug-likeness (QED) is 0.842. The molecule has 1 saturated heterocycles. The SMILES string of the molecule is NC(=O)CC1(O)CCCN(CCN2CCc3ccccc32)C1. The van der Waals surface area contributed by atoms with Crippen molar-refractivity contribution < 1.29 is 9.90 Å². The molecule has 5 heteroatoms. The lowest BCUT2D eigenvalue weighted by molar-refractivity contribution is -0.125. The molecule has 0 bridgehead atoms. The highest BCUT2D eigenvalue weighted by molar-refractivity contribution is 5.75. The molecule has 2 heterocycles. The minimum absolute atomic E-state index is 0.0655. The van der Waals surface area contributed by atoms with Crippen molar-refractivity contribution in [1.29, 1.82) is 0 Å². The van der Waals surface area contributed by atoms with Crippen molar-refractivity contribution in [3.05, 3.63) is 29.8 Å². The molecule has 2 aliphatic rings. The average molecular weight is 303 g/mol. The standard InChI is InChI=1S/C17H25N3O2/c18-16(21)12-17(22)7-3-8-19(13-17)10-11-20-9-6-14-4-1-2-5-15(14)20/h1-2,4-5,22H,3,6-13H2,(H2,18,21). The number of hydrogen-bond acceptors (Lipinski definition) is 4. The van der Waals surface area contributed by atoms with E-state index < -0.39 is 11.5 Å². The second kappa shape index (κ2) is 6.26. The second-order valence-electron chi connectivity index (χ2n) is 6.61. The van der Waals surface area contributed by atoms with E-state index in [4.69, 9.17) is 5.73 Å². The number of nitrogens with two attached hydrogens (primary N) is 1. The second-order valence-corrected chi connectivity index (χ2v) is 6.61. The first-order valence-electron chi connectivity index (χ1n) is 8.12. The lowest BCUT2D eigenvalue weighted by Gasteiger charge is -2.39. The van der Waals surface area contributed by atoms with Crippen molar-refractivity contribution in [3.63, 3.8) is 0 Å². The summed E-state index contributed by atoms with van der Waals surface area (Å²) in [5, 5.41) is 10.5. The third kappa shape index (κ3) is 3.42. The van der Waals surface area contributed by atoms with E-state index in [2.05, 4.69) is 34.1 Å². The summed E-state index contributed by atoms with van der Waals surface area (Å²) in [5.41, 5.74) is 7.08. The van der Waals surface area contributed by atoms with Gasteiger partial charge < -0.3 is 15.7 Å². The zero-order valence-electron chi connectivity index (χ0n) is 13.0. The van der Waals surface area contributed by atoms with Crippen molar-refractivity contribution in [2.75, 3.05) is 37.6 Å². The van der Waals surface area contributed by atoms with Gasteiger partial charge in [0.15, 0.2) is 0 Å². The third-order valence-electron chi connectivity index (χ3n) is 4.81. The number of fused-ring (bicyclic) bond motifs is 1. The summed E-state index contributed by atoms with van der Waals surface area (Å²) in [6.45, 7) is 4.47. The summed E-state index contributed by atoms with van der Waals surface area (Å²) < 4.78 is 0. The largest absolute Gasteiger partial charge is 0.388 e. The predicted octanol–water partition coefficient (Wildman–Crippen LogP) is 0.751. The number of carbonyl (C=O) groups is 1. The molecule has 0 saturated carbocycles. The normalized spacial score (nSPS) is 25.2. The number of nitrogens with zero attached hydrogens (tertiary/aromatic N) is 2. The van der Waals surface area contributed by atoms with Crippen LogP contribution >= 0.6 is 0 Å². The molecule has 1 amide bonds. The molecule has 5 nitrogen and oxygen atoms in total. The average Bonchev–Trinajstić information content (AvgIpc) is 2.87. The number of β-amino-alcohol motifs (C(OH)–C–C–N with tert-alkyl or cyclic N) is 1. The fourth-order valence-electron chi connectivity index (χ4n) is 3.77. The maximum Gasteiger partial charge on any atom is 0.220 e. The number of piperidine rings is 1. The summed E-state index contributed by atoms with van der Waals surface area (Å²) in [6, 6.07) is 8.56. The molecule has 0 aliphatic carbocycles.